The van der Waals surface area contributed by atoms with Gasteiger partial charge >= 0.3 is 0 Å². The van der Waals surface area contributed by atoms with Crippen molar-refractivity contribution in [2.45, 2.75) is 31.6 Å². The molecular formula is C13H15N3O3. The Bertz CT molecular complexity index is 543. The third-order valence-corrected chi connectivity index (χ3v) is 3.15. The number of nitrogens with one attached hydrogen (secondary N) is 1. The Labute approximate surface area is 110 Å². The molecular weight excluding hydrogens is 246 g/mol. The summed E-state index contributed by atoms with van der Waals surface area (Å²) in [5, 5.41) is 10.2. The fourth-order valence-electron chi connectivity index (χ4n) is 1.89. The molecule has 6 nitrogen and oxygen atoms in total. The van der Waals surface area contributed by atoms with Gasteiger partial charge in [0.1, 0.15) is 12.0 Å². The topological polar surface area (TPSA) is 81.2 Å². The molecule has 2 aromatic rings. The smallest absolute Gasteiger partial charge is 0.273 e. The van der Waals surface area contributed by atoms with Gasteiger partial charge in [0.25, 0.3) is 5.91 Å². The van der Waals surface area contributed by atoms with Crippen molar-refractivity contribution in [1.82, 2.24) is 15.6 Å². The predicted octanol–water partition coefficient (Wildman–Crippen LogP) is 1.90. The first kappa shape index (κ1) is 12.0. The van der Waals surface area contributed by atoms with Gasteiger partial charge in [-0.3, -0.25) is 4.79 Å². The van der Waals surface area contributed by atoms with Crippen molar-refractivity contribution in [1.29, 1.82) is 0 Å². The molecule has 0 atom stereocenters. The summed E-state index contributed by atoms with van der Waals surface area (Å²) >= 11 is 0. The largest absolute Gasteiger partial charge is 0.364 e. The first-order valence-corrected chi connectivity index (χ1v) is 6.46. The van der Waals surface area contributed by atoms with E-state index in [9.17, 15) is 4.79 Å². The summed E-state index contributed by atoms with van der Waals surface area (Å²) in [6, 6.07) is 1.74. The molecule has 0 saturated heterocycles. The number of aryl methyl sites for hydroxylation is 1. The molecule has 0 spiro atoms. The van der Waals surface area contributed by atoms with Crippen LogP contribution in [0.5, 0.6) is 0 Å². The minimum Gasteiger partial charge on any atom is -0.364 e. The highest BCUT2D eigenvalue weighted by Gasteiger charge is 2.28. The van der Waals surface area contributed by atoms with Gasteiger partial charge in [0.15, 0.2) is 5.69 Å². The van der Waals surface area contributed by atoms with E-state index in [2.05, 4.69) is 15.6 Å². The van der Waals surface area contributed by atoms with Crippen LogP contribution in [0.2, 0.25) is 0 Å². The lowest BCUT2D eigenvalue weighted by Gasteiger charge is -2.00. The van der Waals surface area contributed by atoms with Crippen molar-refractivity contribution in [2.24, 2.45) is 0 Å². The first-order valence-electron chi connectivity index (χ1n) is 6.46. The number of hydrogen-bond donors (Lipinski definition) is 1. The normalized spacial score (nSPS) is 14.5. The van der Waals surface area contributed by atoms with Gasteiger partial charge in [-0.25, -0.2) is 0 Å². The van der Waals surface area contributed by atoms with Crippen LogP contribution in [0.25, 0.3) is 0 Å². The zero-order chi connectivity index (χ0) is 13.1. The van der Waals surface area contributed by atoms with Crippen LogP contribution in [0.4, 0.5) is 0 Å². The van der Waals surface area contributed by atoms with E-state index in [1.807, 2.05) is 0 Å². The number of hydrogen-bond acceptors (Lipinski definition) is 5. The molecule has 0 radical (unpaired) electrons. The van der Waals surface area contributed by atoms with Gasteiger partial charge in [-0.1, -0.05) is 10.3 Å². The molecule has 1 amide bonds. The zero-order valence-electron chi connectivity index (χ0n) is 10.5. The highest BCUT2D eigenvalue weighted by molar-refractivity contribution is 5.92. The molecule has 100 valence electrons. The lowest BCUT2D eigenvalue weighted by Crippen LogP contribution is -2.25. The number of amides is 1. The maximum absolute atomic E-state index is 11.8. The van der Waals surface area contributed by atoms with E-state index in [0.29, 0.717) is 18.2 Å². The van der Waals surface area contributed by atoms with E-state index in [1.54, 1.807) is 18.5 Å². The third kappa shape index (κ3) is 3.01. The summed E-state index contributed by atoms with van der Waals surface area (Å²) in [5.74, 6) is 1.12. The van der Waals surface area contributed by atoms with Crippen LogP contribution in [0.3, 0.4) is 0 Å². The number of aromatic nitrogens is 2. The highest BCUT2D eigenvalue weighted by Crippen LogP contribution is 2.40. The molecule has 1 fully saturated rings. The van der Waals surface area contributed by atoms with Crippen LogP contribution < -0.4 is 5.32 Å². The third-order valence-electron chi connectivity index (χ3n) is 3.15. The van der Waals surface area contributed by atoms with Crippen molar-refractivity contribution in [2.75, 3.05) is 6.54 Å². The Hall–Kier alpha value is -2.11. The SMILES string of the molecule is O=C(NCCCc1cnoc1)c1cc(C2CC2)on1. The molecule has 1 saturated carbocycles. The van der Waals surface area contributed by atoms with Crippen LogP contribution in [0.1, 0.15) is 47.0 Å². The first-order chi connectivity index (χ1) is 9.33. The van der Waals surface area contributed by atoms with E-state index in [1.165, 1.54) is 0 Å². The van der Waals surface area contributed by atoms with Crippen molar-refractivity contribution in [3.8, 4) is 0 Å². The van der Waals surface area contributed by atoms with Crippen LogP contribution in [-0.4, -0.2) is 22.8 Å². The molecule has 0 unspecified atom stereocenters. The summed E-state index contributed by atoms with van der Waals surface area (Å²) in [5.41, 5.74) is 1.40. The number of rotatable bonds is 6. The summed E-state index contributed by atoms with van der Waals surface area (Å²) < 4.78 is 9.88. The van der Waals surface area contributed by atoms with E-state index in [-0.39, 0.29) is 5.91 Å². The van der Waals surface area contributed by atoms with E-state index >= 15 is 0 Å². The Morgan fingerprint density at radius 3 is 3.11 bits per heavy atom. The molecule has 0 aromatic carbocycles. The molecule has 1 N–H and O–H groups in total. The lowest BCUT2D eigenvalue weighted by molar-refractivity contribution is 0.0944. The van der Waals surface area contributed by atoms with Gasteiger partial charge in [-0.15, -0.1) is 0 Å². The monoisotopic (exact) mass is 261 g/mol. The van der Waals surface area contributed by atoms with Crippen molar-refractivity contribution < 1.29 is 13.8 Å². The number of carbonyl (C=O) groups excluding carboxylic acids is 1. The Kier molecular flexibility index (Phi) is 3.31. The van der Waals surface area contributed by atoms with Gasteiger partial charge in [0.2, 0.25) is 0 Å². The standard InChI is InChI=1S/C13H15N3O3/c17-13(11-6-12(19-16-11)10-3-4-10)14-5-1-2-9-7-15-18-8-9/h6-8,10H,1-5H2,(H,14,17). The molecule has 1 aliphatic rings. The maximum atomic E-state index is 11.8. The second-order valence-corrected chi connectivity index (χ2v) is 4.78. The number of carbonyl (C=O) groups is 1. The molecule has 2 heterocycles. The molecule has 3 rings (SSSR count). The van der Waals surface area contributed by atoms with E-state index in [4.69, 9.17) is 9.05 Å². The van der Waals surface area contributed by atoms with Gasteiger partial charge in [0, 0.05) is 24.1 Å². The van der Waals surface area contributed by atoms with Crippen molar-refractivity contribution in [3.63, 3.8) is 0 Å². The second-order valence-electron chi connectivity index (χ2n) is 4.78. The Morgan fingerprint density at radius 2 is 2.37 bits per heavy atom. The Morgan fingerprint density at radius 1 is 1.47 bits per heavy atom. The number of nitrogens with zero attached hydrogens (tertiary/aromatic N) is 2. The highest BCUT2D eigenvalue weighted by atomic mass is 16.5. The molecule has 0 bridgehead atoms. The summed E-state index contributed by atoms with van der Waals surface area (Å²) in [4.78, 5) is 11.8. The predicted molar refractivity (Wildman–Crippen MR) is 65.6 cm³/mol. The molecule has 0 aliphatic heterocycles. The fraction of sp³-hybridized carbons (Fsp3) is 0.462. The van der Waals surface area contributed by atoms with Crippen molar-refractivity contribution >= 4 is 5.91 Å². The molecule has 6 heteroatoms. The zero-order valence-corrected chi connectivity index (χ0v) is 10.5. The van der Waals surface area contributed by atoms with Gasteiger partial charge < -0.3 is 14.4 Å². The lowest BCUT2D eigenvalue weighted by atomic mass is 10.2. The van der Waals surface area contributed by atoms with Crippen molar-refractivity contribution in [3.05, 3.63) is 35.5 Å². The van der Waals surface area contributed by atoms with E-state index < -0.39 is 0 Å². The van der Waals surface area contributed by atoms with Gasteiger partial charge in [-0.2, -0.15) is 0 Å². The second kappa shape index (κ2) is 5.26. The minimum atomic E-state index is -0.180. The summed E-state index contributed by atoms with van der Waals surface area (Å²) in [6.45, 7) is 0.593. The maximum Gasteiger partial charge on any atom is 0.273 e. The average Bonchev–Trinajstić information content (AvgIpc) is 2.95. The summed E-state index contributed by atoms with van der Waals surface area (Å²) in [7, 11) is 0. The quantitative estimate of drug-likeness (QED) is 0.803. The Balaban J connectivity index is 1.42. The van der Waals surface area contributed by atoms with E-state index in [0.717, 1.165) is 37.0 Å². The van der Waals surface area contributed by atoms with Crippen LogP contribution in [0, 0.1) is 0 Å². The molecule has 2 aromatic heterocycles. The fourth-order valence-corrected chi connectivity index (χ4v) is 1.89. The van der Waals surface area contributed by atoms with Crippen LogP contribution in [-0.2, 0) is 6.42 Å². The van der Waals surface area contributed by atoms with Crippen LogP contribution in [0.15, 0.2) is 27.6 Å². The average molecular weight is 261 g/mol. The minimum absolute atomic E-state index is 0.180. The molecule has 19 heavy (non-hydrogen) atoms. The van der Waals surface area contributed by atoms with Gasteiger partial charge in [-0.05, 0) is 25.7 Å². The van der Waals surface area contributed by atoms with Gasteiger partial charge in [0.05, 0.1) is 6.20 Å². The van der Waals surface area contributed by atoms with Crippen LogP contribution >= 0.6 is 0 Å². The summed E-state index contributed by atoms with van der Waals surface area (Å²) in [6.07, 6.45) is 7.23. The molecule has 1 aliphatic carbocycles.